The van der Waals surface area contributed by atoms with Crippen LogP contribution in [0.4, 0.5) is 39.8 Å². The third-order valence-corrected chi connectivity index (χ3v) is 19.9. The van der Waals surface area contributed by atoms with Crippen LogP contribution in [0.5, 0.6) is 0 Å². The van der Waals surface area contributed by atoms with Crippen LogP contribution in [0.25, 0.3) is 11.1 Å². The van der Waals surface area contributed by atoms with Crippen molar-refractivity contribution in [3.05, 3.63) is 179 Å². The van der Waals surface area contributed by atoms with Crippen molar-refractivity contribution in [3.63, 3.8) is 0 Å². The largest absolute Gasteiger partial charge is 0.335 e. The van der Waals surface area contributed by atoms with Gasteiger partial charge in [-0.1, -0.05) is 204 Å². The fraction of sp³-hybridized carbons (Fsp3) is 0.391. The molecule has 2 saturated carbocycles. The minimum atomic E-state index is -0.218. The van der Waals surface area contributed by atoms with Crippen LogP contribution in [0.2, 0.25) is 0 Å². The number of rotatable bonds is 4. The predicted molar refractivity (Wildman–Crippen MR) is 313 cm³/mol. The lowest BCUT2D eigenvalue weighted by atomic mass is 9.33. The van der Waals surface area contributed by atoms with Gasteiger partial charge in [0, 0.05) is 50.5 Å². The van der Waals surface area contributed by atoms with E-state index in [1.165, 1.54) is 127 Å². The van der Waals surface area contributed by atoms with Crippen molar-refractivity contribution in [3.8, 4) is 11.1 Å². The van der Waals surface area contributed by atoms with Crippen LogP contribution in [0.15, 0.2) is 146 Å². The normalized spacial score (nSPS) is 24.7. The van der Waals surface area contributed by atoms with Gasteiger partial charge in [-0.2, -0.15) is 0 Å². The van der Waals surface area contributed by atoms with Gasteiger partial charge in [0.15, 0.2) is 0 Å². The molecular weight excluding hydrogens is 882 g/mol. The maximum absolute atomic E-state index is 2.96. The van der Waals surface area contributed by atoms with Gasteiger partial charge in [0.1, 0.15) is 0 Å². The first kappa shape index (κ1) is 46.8. The van der Waals surface area contributed by atoms with Gasteiger partial charge in [-0.15, -0.1) is 0 Å². The molecule has 4 unspecified atom stereocenters. The molecule has 7 aromatic carbocycles. The molecule has 13 rings (SSSR count). The molecule has 0 amide bonds. The molecule has 0 saturated heterocycles. The van der Waals surface area contributed by atoms with Crippen LogP contribution in [-0.2, 0) is 27.1 Å². The Balaban J connectivity index is 1.19. The zero-order valence-corrected chi connectivity index (χ0v) is 45.9. The molecule has 370 valence electrons. The van der Waals surface area contributed by atoms with E-state index >= 15 is 0 Å². The molecule has 4 atom stereocenters. The molecule has 7 aromatic rings. The lowest BCUT2D eigenvalue weighted by Crippen LogP contribution is -2.64. The molecule has 3 nitrogen and oxygen atoms in total. The molecule has 0 spiro atoms. The number of para-hydroxylation sites is 1. The van der Waals surface area contributed by atoms with E-state index in [4.69, 9.17) is 0 Å². The lowest BCUT2D eigenvalue weighted by Gasteiger charge is -2.54. The Morgan fingerprint density at radius 3 is 1.75 bits per heavy atom. The van der Waals surface area contributed by atoms with Gasteiger partial charge in [-0.3, -0.25) is 0 Å². The number of nitrogens with zero attached hydrogens (tertiary/aromatic N) is 3. The maximum atomic E-state index is 2.96. The van der Waals surface area contributed by atoms with Crippen LogP contribution < -0.4 is 31.1 Å². The molecule has 4 heteroatoms. The van der Waals surface area contributed by atoms with Gasteiger partial charge in [-0.25, -0.2) is 0 Å². The second kappa shape index (κ2) is 15.5. The molecule has 0 aromatic heterocycles. The Morgan fingerprint density at radius 1 is 0.438 bits per heavy atom. The van der Waals surface area contributed by atoms with Crippen molar-refractivity contribution in [1.29, 1.82) is 0 Å². The summed E-state index contributed by atoms with van der Waals surface area (Å²) in [5, 5.41) is 0. The van der Waals surface area contributed by atoms with Gasteiger partial charge in [0.05, 0.1) is 16.8 Å². The summed E-state index contributed by atoms with van der Waals surface area (Å²) in [7, 11) is 0. The van der Waals surface area contributed by atoms with Crippen LogP contribution in [0, 0.1) is 0 Å². The Bertz CT molecular complexity index is 3390. The third-order valence-electron chi connectivity index (χ3n) is 19.9. The summed E-state index contributed by atoms with van der Waals surface area (Å²) in [5.74, 6) is 0. The fourth-order valence-electron chi connectivity index (χ4n) is 15.8. The number of hydrogen-bond donors (Lipinski definition) is 0. The van der Waals surface area contributed by atoms with Crippen molar-refractivity contribution in [2.75, 3.05) is 14.7 Å². The molecule has 0 N–H and O–H groups in total. The average molecular weight is 958 g/mol. The second-order valence-corrected chi connectivity index (χ2v) is 27.0. The molecule has 2 aliphatic carbocycles. The Labute approximate surface area is 438 Å². The molecule has 4 heterocycles. The Kier molecular flexibility index (Phi) is 9.95. The highest BCUT2D eigenvalue weighted by atomic mass is 15.3. The summed E-state index contributed by atoms with van der Waals surface area (Å²) >= 11 is 0. The highest BCUT2D eigenvalue weighted by Crippen LogP contribution is 2.66. The van der Waals surface area contributed by atoms with Gasteiger partial charge in [0.25, 0.3) is 6.71 Å². The van der Waals surface area contributed by atoms with E-state index in [-0.39, 0.29) is 44.9 Å². The quantitative estimate of drug-likeness (QED) is 0.163. The molecule has 6 aliphatic rings. The number of hydrogen-bond acceptors (Lipinski definition) is 3. The maximum Gasteiger partial charge on any atom is 0.252 e. The van der Waals surface area contributed by atoms with E-state index in [1.54, 1.807) is 5.56 Å². The summed E-state index contributed by atoms with van der Waals surface area (Å²) in [4.78, 5) is 8.59. The Hall–Kier alpha value is -6.00. The van der Waals surface area contributed by atoms with E-state index in [1.807, 2.05) is 0 Å². The molecule has 2 fully saturated rings. The standard InChI is InChI=1S/C69H76BN3/c1-63(2,3)47-32-34-56(51(39-47)45-25-15-13-16-26-45)71-58-42-48(64(4,5)6)31-33-54(58)70-55-41-49(65(7,8)9)40-53-62(55)73(67(11)36-22-21-35-66(53,67)10)60-44-50(43-59(71)61(60)70)72-57-30-20-19-29-52(57)69(46-27-17-14-18-28-46)38-24-23-37-68(69,72)12/h13-20,25-34,39-44H,21-24,35-38H2,1-12H3. The molecular formula is C69H76BN3. The van der Waals surface area contributed by atoms with Gasteiger partial charge in [-0.05, 0) is 148 Å². The van der Waals surface area contributed by atoms with E-state index in [2.05, 4.69) is 243 Å². The fourth-order valence-corrected chi connectivity index (χ4v) is 15.8. The molecule has 73 heavy (non-hydrogen) atoms. The molecule has 0 bridgehead atoms. The van der Waals surface area contributed by atoms with Crippen LogP contribution >= 0.6 is 0 Å². The van der Waals surface area contributed by atoms with E-state index < -0.39 is 0 Å². The zero-order chi connectivity index (χ0) is 50.8. The zero-order valence-electron chi connectivity index (χ0n) is 45.9. The van der Waals surface area contributed by atoms with Crippen molar-refractivity contribution < 1.29 is 0 Å². The smallest absolute Gasteiger partial charge is 0.252 e. The Morgan fingerprint density at radius 2 is 1.04 bits per heavy atom. The molecule has 0 radical (unpaired) electrons. The van der Waals surface area contributed by atoms with Crippen LogP contribution in [0.1, 0.15) is 168 Å². The first-order valence-corrected chi connectivity index (χ1v) is 28.0. The van der Waals surface area contributed by atoms with Crippen LogP contribution in [0.3, 0.4) is 0 Å². The minimum Gasteiger partial charge on any atom is -0.335 e. The average Bonchev–Trinajstić information content (AvgIpc) is 3.74. The van der Waals surface area contributed by atoms with Crippen molar-refractivity contribution in [2.24, 2.45) is 0 Å². The summed E-state index contributed by atoms with van der Waals surface area (Å²) in [6, 6.07) is 58.2. The van der Waals surface area contributed by atoms with Crippen LogP contribution in [-0.4, -0.2) is 17.8 Å². The number of anilines is 7. The van der Waals surface area contributed by atoms with Crippen molar-refractivity contribution in [1.82, 2.24) is 0 Å². The van der Waals surface area contributed by atoms with Gasteiger partial charge in [0.2, 0.25) is 0 Å². The van der Waals surface area contributed by atoms with E-state index in [0.29, 0.717) is 0 Å². The SMILES string of the molecule is CC(C)(C)c1ccc(N2c3cc(C(C)(C)C)ccc3B3c4cc(C(C)(C)C)cc5c4N(c4cc(N6c7ccccc7C7(c8ccccc8)CCCCC67C)cc2c43)C2(C)CCCCC52C)c(-c2ccccc2)c1. The second-order valence-electron chi connectivity index (χ2n) is 27.0. The monoisotopic (exact) mass is 958 g/mol. The summed E-state index contributed by atoms with van der Waals surface area (Å²) in [6.45, 7) is 29.5. The first-order valence-electron chi connectivity index (χ1n) is 28.0. The topological polar surface area (TPSA) is 9.72 Å². The predicted octanol–water partition coefficient (Wildman–Crippen LogP) is 16.4. The summed E-state index contributed by atoms with van der Waals surface area (Å²) in [6.07, 6.45) is 9.54. The highest BCUT2D eigenvalue weighted by molar-refractivity contribution is 7.00. The van der Waals surface area contributed by atoms with Gasteiger partial charge >= 0.3 is 0 Å². The lowest BCUT2D eigenvalue weighted by molar-refractivity contribution is 0.195. The summed E-state index contributed by atoms with van der Waals surface area (Å²) in [5.41, 5.74) is 24.3. The first-order chi connectivity index (χ1) is 34.7. The third kappa shape index (κ3) is 6.31. The van der Waals surface area contributed by atoms with Crippen molar-refractivity contribution >= 4 is 62.9 Å². The molecule has 4 aliphatic heterocycles. The van der Waals surface area contributed by atoms with E-state index in [0.717, 1.165) is 19.3 Å². The summed E-state index contributed by atoms with van der Waals surface area (Å²) < 4.78 is 0. The number of benzene rings is 7. The van der Waals surface area contributed by atoms with Crippen molar-refractivity contribution in [2.45, 2.75) is 173 Å². The minimum absolute atomic E-state index is 0.0177. The highest BCUT2D eigenvalue weighted by Gasteiger charge is 2.64. The van der Waals surface area contributed by atoms with Gasteiger partial charge < -0.3 is 14.7 Å². The van der Waals surface area contributed by atoms with E-state index in [9.17, 15) is 0 Å². The number of fused-ring (bicyclic) bond motifs is 10.